The van der Waals surface area contributed by atoms with Crippen molar-refractivity contribution in [1.82, 2.24) is 15.5 Å². The van der Waals surface area contributed by atoms with E-state index < -0.39 is 5.25 Å². The number of hydrogen-bond donors (Lipinski definition) is 2. The third kappa shape index (κ3) is 3.04. The Bertz CT molecular complexity index is 714. The highest BCUT2D eigenvalue weighted by atomic mass is 32.2. The third-order valence-electron chi connectivity index (χ3n) is 4.91. The average Bonchev–Trinajstić information content (AvgIpc) is 3.21. The van der Waals surface area contributed by atoms with Crippen LogP contribution in [0.15, 0.2) is 30.3 Å². The molecule has 5 atom stereocenters. The second-order valence-electron chi connectivity index (χ2n) is 6.45. The Balaban J connectivity index is 1.50. The number of thioether (sulfide) groups is 2. The van der Waals surface area contributed by atoms with Crippen LogP contribution in [0.5, 0.6) is 0 Å². The Morgan fingerprint density at radius 3 is 2.92 bits per heavy atom. The lowest BCUT2D eigenvalue weighted by Gasteiger charge is -2.40. The van der Waals surface area contributed by atoms with Crippen molar-refractivity contribution in [3.05, 3.63) is 35.9 Å². The topological polar surface area (TPSA) is 61.4 Å². The van der Waals surface area contributed by atoms with Gasteiger partial charge in [-0.2, -0.15) is 0 Å². The summed E-state index contributed by atoms with van der Waals surface area (Å²) < 4.78 is 0.718. The Hall–Kier alpha value is -1.25. The van der Waals surface area contributed by atoms with E-state index in [2.05, 4.69) is 15.5 Å². The van der Waals surface area contributed by atoms with Crippen molar-refractivity contribution in [1.29, 1.82) is 0 Å². The Morgan fingerprint density at radius 1 is 1.40 bits per heavy atom. The van der Waals surface area contributed by atoms with E-state index in [-0.39, 0.29) is 35.3 Å². The summed E-state index contributed by atoms with van der Waals surface area (Å²) in [6, 6.07) is 9.88. The molecule has 3 aliphatic rings. The maximum absolute atomic E-state index is 12.9. The van der Waals surface area contributed by atoms with Crippen LogP contribution in [-0.4, -0.2) is 49.5 Å². The van der Waals surface area contributed by atoms with Crippen LogP contribution in [0.25, 0.3) is 0 Å². The predicted molar refractivity (Wildman–Crippen MR) is 105 cm³/mol. The molecule has 0 saturated carbocycles. The standard InChI is InChI=1S/C17H19N3O2S3/c1-9(10-5-3-2-4-6-10)18-16(22)13-14-19-15(21)12-11(7-8-24-12)20(14)17(23)25-13/h2-6,9,11-14H,7-8H2,1H3,(H,18,22)(H,19,21). The molecule has 4 rings (SSSR count). The molecule has 3 fully saturated rings. The van der Waals surface area contributed by atoms with E-state index in [1.807, 2.05) is 37.3 Å². The molecule has 8 heteroatoms. The number of nitrogens with one attached hydrogen (secondary N) is 2. The lowest BCUT2D eigenvalue weighted by atomic mass is 10.0. The van der Waals surface area contributed by atoms with Crippen LogP contribution in [0.3, 0.4) is 0 Å². The lowest BCUT2D eigenvalue weighted by Crippen LogP contribution is -2.65. The van der Waals surface area contributed by atoms with Crippen molar-refractivity contribution in [2.75, 3.05) is 5.75 Å². The van der Waals surface area contributed by atoms with Crippen molar-refractivity contribution in [2.45, 2.75) is 42.1 Å². The lowest BCUT2D eigenvalue weighted by molar-refractivity contribution is -0.127. The molecule has 0 aromatic heterocycles. The van der Waals surface area contributed by atoms with Crippen LogP contribution < -0.4 is 10.6 Å². The zero-order valence-corrected chi connectivity index (χ0v) is 16.1. The van der Waals surface area contributed by atoms with Gasteiger partial charge in [0.1, 0.15) is 21.0 Å². The van der Waals surface area contributed by atoms with Crippen LogP contribution >= 0.6 is 35.7 Å². The van der Waals surface area contributed by atoms with E-state index in [1.165, 1.54) is 11.8 Å². The van der Waals surface area contributed by atoms with Gasteiger partial charge in [0.05, 0.1) is 12.1 Å². The minimum Gasteiger partial charge on any atom is -0.348 e. The van der Waals surface area contributed by atoms with E-state index in [4.69, 9.17) is 12.2 Å². The highest BCUT2D eigenvalue weighted by molar-refractivity contribution is 8.24. The summed E-state index contributed by atoms with van der Waals surface area (Å²) in [4.78, 5) is 27.3. The van der Waals surface area contributed by atoms with Crippen LogP contribution in [-0.2, 0) is 9.59 Å². The largest absolute Gasteiger partial charge is 0.348 e. The van der Waals surface area contributed by atoms with E-state index >= 15 is 0 Å². The van der Waals surface area contributed by atoms with Crippen LogP contribution in [0.2, 0.25) is 0 Å². The first kappa shape index (κ1) is 17.2. The summed E-state index contributed by atoms with van der Waals surface area (Å²) >= 11 is 8.60. The third-order valence-corrected chi connectivity index (χ3v) is 7.90. The second-order valence-corrected chi connectivity index (χ2v) is 9.48. The summed E-state index contributed by atoms with van der Waals surface area (Å²) in [6.07, 6.45) is 0.599. The van der Waals surface area contributed by atoms with Gasteiger partial charge >= 0.3 is 0 Å². The van der Waals surface area contributed by atoms with Crippen molar-refractivity contribution in [3.8, 4) is 0 Å². The van der Waals surface area contributed by atoms with Gasteiger partial charge in [-0.1, -0.05) is 54.3 Å². The van der Waals surface area contributed by atoms with Crippen molar-refractivity contribution in [3.63, 3.8) is 0 Å². The molecule has 132 valence electrons. The zero-order chi connectivity index (χ0) is 17.6. The molecular formula is C17H19N3O2S3. The van der Waals surface area contributed by atoms with Crippen molar-refractivity contribution < 1.29 is 9.59 Å². The maximum atomic E-state index is 12.9. The molecule has 3 heterocycles. The number of carbonyl (C=O) groups excluding carboxylic acids is 2. The van der Waals surface area contributed by atoms with E-state index in [1.54, 1.807) is 11.8 Å². The van der Waals surface area contributed by atoms with Gasteiger partial charge in [0, 0.05) is 0 Å². The van der Waals surface area contributed by atoms with Crippen molar-refractivity contribution in [2.24, 2.45) is 0 Å². The zero-order valence-electron chi connectivity index (χ0n) is 13.7. The normalized spacial score (nSPS) is 32.0. The summed E-state index contributed by atoms with van der Waals surface area (Å²) in [7, 11) is 0. The molecule has 5 nitrogen and oxygen atoms in total. The number of rotatable bonds is 3. The molecule has 3 saturated heterocycles. The number of thiocarbonyl (C=S) groups is 1. The average molecular weight is 394 g/mol. The van der Waals surface area contributed by atoms with Crippen LogP contribution in [0, 0.1) is 0 Å². The first-order chi connectivity index (χ1) is 12.1. The van der Waals surface area contributed by atoms with Gasteiger partial charge in [0.2, 0.25) is 11.8 Å². The molecule has 0 bridgehead atoms. The van der Waals surface area contributed by atoms with Gasteiger partial charge in [-0.3, -0.25) is 9.59 Å². The van der Waals surface area contributed by atoms with Gasteiger partial charge in [-0.05, 0) is 24.7 Å². The molecule has 0 aliphatic carbocycles. The first-order valence-electron chi connectivity index (χ1n) is 8.32. The molecule has 2 amide bonds. The molecule has 1 aromatic carbocycles. The number of benzene rings is 1. The molecule has 25 heavy (non-hydrogen) atoms. The van der Waals surface area contributed by atoms with Crippen LogP contribution in [0.4, 0.5) is 0 Å². The Kier molecular flexibility index (Phi) is 4.68. The van der Waals surface area contributed by atoms with E-state index in [0.717, 1.165) is 22.1 Å². The number of carbonyl (C=O) groups is 2. The molecule has 3 aliphatic heterocycles. The second kappa shape index (κ2) is 6.81. The molecule has 1 aromatic rings. The number of amides is 2. The van der Waals surface area contributed by atoms with Gasteiger partial charge in [-0.15, -0.1) is 11.8 Å². The number of hydrogen-bond acceptors (Lipinski definition) is 5. The van der Waals surface area contributed by atoms with Gasteiger partial charge < -0.3 is 15.5 Å². The molecule has 2 N–H and O–H groups in total. The Labute approximate surface area is 160 Å². The summed E-state index contributed by atoms with van der Waals surface area (Å²) in [6.45, 7) is 1.96. The highest BCUT2D eigenvalue weighted by Gasteiger charge is 2.54. The summed E-state index contributed by atoms with van der Waals surface area (Å²) in [5.41, 5.74) is 1.05. The molecule has 5 unspecified atom stereocenters. The van der Waals surface area contributed by atoms with Gasteiger partial charge in [-0.25, -0.2) is 0 Å². The minimum atomic E-state index is -0.408. The first-order valence-corrected chi connectivity index (χ1v) is 10.7. The summed E-state index contributed by atoms with van der Waals surface area (Å²) in [5.74, 6) is 0.912. The Morgan fingerprint density at radius 2 is 2.16 bits per heavy atom. The van der Waals surface area contributed by atoms with Crippen LogP contribution in [0.1, 0.15) is 24.9 Å². The maximum Gasteiger partial charge on any atom is 0.238 e. The fraction of sp³-hybridized carbons (Fsp3) is 0.471. The van der Waals surface area contributed by atoms with Gasteiger partial charge in [0.15, 0.2) is 0 Å². The smallest absolute Gasteiger partial charge is 0.238 e. The molecular weight excluding hydrogens is 374 g/mol. The van der Waals surface area contributed by atoms with E-state index in [0.29, 0.717) is 0 Å². The predicted octanol–water partition coefficient (Wildman–Crippen LogP) is 1.90. The van der Waals surface area contributed by atoms with E-state index in [9.17, 15) is 9.59 Å². The minimum absolute atomic E-state index is 0.0351. The molecule has 0 spiro atoms. The van der Waals surface area contributed by atoms with Crippen molar-refractivity contribution >= 4 is 51.9 Å². The highest BCUT2D eigenvalue weighted by Crippen LogP contribution is 2.42. The quantitative estimate of drug-likeness (QED) is 0.765. The number of fused-ring (bicyclic) bond motifs is 3. The van der Waals surface area contributed by atoms with Gasteiger partial charge in [0.25, 0.3) is 0 Å². The molecule has 0 radical (unpaired) electrons. The number of nitrogens with zero attached hydrogens (tertiary/aromatic N) is 1. The fourth-order valence-electron chi connectivity index (χ4n) is 3.64. The SMILES string of the molecule is CC(NC(=O)C1SC(=S)N2C3CCSC3C(=O)NC12)c1ccccc1. The summed E-state index contributed by atoms with van der Waals surface area (Å²) in [5, 5.41) is 5.61. The fourth-order valence-corrected chi connectivity index (χ4v) is 6.63. The monoisotopic (exact) mass is 393 g/mol.